The summed E-state index contributed by atoms with van der Waals surface area (Å²) in [5, 5.41) is 7.42. The number of aryl methyl sites for hydroxylation is 1. The smallest absolute Gasteiger partial charge is 0.275 e. The Hall–Kier alpha value is -1.21. The van der Waals surface area contributed by atoms with E-state index in [4.69, 9.17) is 0 Å². The Labute approximate surface area is 111 Å². The average Bonchev–Trinajstić information content (AvgIpc) is 2.88. The lowest BCUT2D eigenvalue weighted by atomic mass is 10.4. The third kappa shape index (κ3) is 2.92. The molecule has 0 fully saturated rings. The monoisotopic (exact) mass is 314 g/mol. The molecule has 0 aliphatic rings. The molecule has 2 aromatic heterocycles. The van der Waals surface area contributed by atoms with Crippen LogP contribution in [-0.4, -0.2) is 20.7 Å². The van der Waals surface area contributed by atoms with Gasteiger partial charge in [-0.15, -0.1) is 0 Å². The number of nitrogens with one attached hydrogen (secondary N) is 1. The van der Waals surface area contributed by atoms with E-state index in [2.05, 4.69) is 31.3 Å². The summed E-state index contributed by atoms with van der Waals surface area (Å²) in [7, 11) is 0. The predicted octanol–water partition coefficient (Wildman–Crippen LogP) is 2.76. The molecule has 17 heavy (non-hydrogen) atoms. The molecule has 0 aromatic carbocycles. The lowest BCUT2D eigenvalue weighted by molar-refractivity contribution is 0.101. The lowest BCUT2D eigenvalue weighted by Gasteiger charge is -2.04. The number of thiazole rings is 1. The van der Waals surface area contributed by atoms with Crippen molar-refractivity contribution in [3.63, 3.8) is 0 Å². The number of hydrogen-bond acceptors (Lipinski definition) is 4. The van der Waals surface area contributed by atoms with Crippen LogP contribution in [0.4, 0.5) is 5.13 Å². The number of halogens is 1. The van der Waals surface area contributed by atoms with E-state index in [1.165, 1.54) is 11.3 Å². The summed E-state index contributed by atoms with van der Waals surface area (Å²) in [4.78, 5) is 16.0. The molecule has 5 nitrogen and oxygen atoms in total. The van der Waals surface area contributed by atoms with Crippen molar-refractivity contribution in [1.82, 2.24) is 14.8 Å². The highest BCUT2D eigenvalue weighted by atomic mass is 79.9. The van der Waals surface area contributed by atoms with Crippen molar-refractivity contribution in [3.8, 4) is 0 Å². The fourth-order valence-corrected chi connectivity index (χ4v) is 2.49. The van der Waals surface area contributed by atoms with Crippen molar-refractivity contribution in [3.05, 3.63) is 27.9 Å². The Balaban J connectivity index is 2.11. The molecule has 90 valence electrons. The zero-order valence-electron chi connectivity index (χ0n) is 9.18. The van der Waals surface area contributed by atoms with Gasteiger partial charge in [0, 0.05) is 12.7 Å². The molecule has 0 unspecified atom stereocenters. The third-order valence-corrected chi connectivity index (χ3v) is 3.47. The number of carbonyl (C=O) groups excluding carboxylic acids is 1. The number of rotatable bonds is 4. The van der Waals surface area contributed by atoms with Crippen LogP contribution in [0.25, 0.3) is 0 Å². The summed E-state index contributed by atoms with van der Waals surface area (Å²) in [6, 6.07) is 1.70. The van der Waals surface area contributed by atoms with Gasteiger partial charge in [-0.05, 0) is 28.4 Å². The highest BCUT2D eigenvalue weighted by Crippen LogP contribution is 2.23. The number of hydrogen-bond donors (Lipinski definition) is 1. The van der Waals surface area contributed by atoms with Crippen LogP contribution in [0.2, 0.25) is 0 Å². The largest absolute Gasteiger partial charge is 0.296 e. The average molecular weight is 315 g/mol. The maximum atomic E-state index is 12.0. The summed E-state index contributed by atoms with van der Waals surface area (Å²) in [5.41, 5.74) is 0.554. The summed E-state index contributed by atoms with van der Waals surface area (Å²) in [6.07, 6.45) is 4.22. The van der Waals surface area contributed by atoms with Crippen LogP contribution in [0.3, 0.4) is 0 Å². The first kappa shape index (κ1) is 12.3. The molecular formula is C10H11BrN4OS. The van der Waals surface area contributed by atoms with Gasteiger partial charge in [0.05, 0.1) is 9.98 Å². The molecule has 0 aliphatic heterocycles. The topological polar surface area (TPSA) is 59.8 Å². The van der Waals surface area contributed by atoms with Gasteiger partial charge in [-0.1, -0.05) is 18.3 Å². The van der Waals surface area contributed by atoms with E-state index in [0.717, 1.165) is 16.8 Å². The predicted molar refractivity (Wildman–Crippen MR) is 70.3 cm³/mol. The van der Waals surface area contributed by atoms with Crippen LogP contribution < -0.4 is 5.32 Å². The fraction of sp³-hybridized carbons (Fsp3) is 0.300. The van der Waals surface area contributed by atoms with Crippen LogP contribution in [0.15, 0.2) is 22.2 Å². The molecule has 2 rings (SSSR count). The molecule has 0 atom stereocenters. The minimum atomic E-state index is -0.183. The molecular weight excluding hydrogens is 304 g/mol. The number of carbonyl (C=O) groups is 1. The number of amides is 1. The van der Waals surface area contributed by atoms with Crippen molar-refractivity contribution in [2.75, 3.05) is 5.32 Å². The zero-order chi connectivity index (χ0) is 12.3. The molecule has 2 heterocycles. The standard InChI is InChI=1S/C10H11BrN4OS/c1-2-5-15-7(3-4-13-15)9(16)14-10-12-6-8(11)17-10/h3-4,6H,2,5H2,1H3,(H,12,14,16). The first-order valence-corrected chi connectivity index (χ1v) is 6.76. The maximum Gasteiger partial charge on any atom is 0.275 e. The number of aromatic nitrogens is 3. The van der Waals surface area contributed by atoms with Crippen molar-refractivity contribution < 1.29 is 4.79 Å². The van der Waals surface area contributed by atoms with E-state index >= 15 is 0 Å². The van der Waals surface area contributed by atoms with E-state index in [0.29, 0.717) is 10.8 Å². The van der Waals surface area contributed by atoms with Gasteiger partial charge in [-0.25, -0.2) is 4.98 Å². The maximum absolute atomic E-state index is 12.0. The Kier molecular flexibility index (Phi) is 3.90. The van der Waals surface area contributed by atoms with Gasteiger partial charge in [0.15, 0.2) is 5.13 Å². The minimum Gasteiger partial charge on any atom is -0.296 e. The van der Waals surface area contributed by atoms with E-state index < -0.39 is 0 Å². The second kappa shape index (κ2) is 5.42. The SMILES string of the molecule is CCCn1nccc1C(=O)Nc1ncc(Br)s1. The first-order chi connectivity index (χ1) is 8.20. The molecule has 0 saturated heterocycles. The van der Waals surface area contributed by atoms with Gasteiger partial charge in [-0.3, -0.25) is 14.8 Å². The second-order valence-electron chi connectivity index (χ2n) is 3.36. The minimum absolute atomic E-state index is 0.183. The molecule has 0 bridgehead atoms. The van der Waals surface area contributed by atoms with Gasteiger partial charge in [0.1, 0.15) is 5.69 Å². The van der Waals surface area contributed by atoms with Gasteiger partial charge in [0.25, 0.3) is 5.91 Å². The molecule has 0 saturated carbocycles. The Morgan fingerprint density at radius 2 is 2.47 bits per heavy atom. The Morgan fingerprint density at radius 1 is 1.65 bits per heavy atom. The van der Waals surface area contributed by atoms with Crippen LogP contribution in [0.5, 0.6) is 0 Å². The second-order valence-corrected chi connectivity index (χ2v) is 5.77. The van der Waals surface area contributed by atoms with Crippen molar-refractivity contribution >= 4 is 38.3 Å². The quantitative estimate of drug-likeness (QED) is 0.944. The highest BCUT2D eigenvalue weighted by molar-refractivity contribution is 9.11. The molecule has 1 N–H and O–H groups in total. The van der Waals surface area contributed by atoms with E-state index in [9.17, 15) is 4.79 Å². The number of nitrogens with zero attached hydrogens (tertiary/aromatic N) is 3. The summed E-state index contributed by atoms with van der Waals surface area (Å²) in [6.45, 7) is 2.78. The van der Waals surface area contributed by atoms with Gasteiger partial charge in [-0.2, -0.15) is 5.10 Å². The van der Waals surface area contributed by atoms with Crippen molar-refractivity contribution in [2.24, 2.45) is 0 Å². The summed E-state index contributed by atoms with van der Waals surface area (Å²) in [5.74, 6) is -0.183. The van der Waals surface area contributed by atoms with Crippen LogP contribution in [0, 0.1) is 0 Å². The summed E-state index contributed by atoms with van der Waals surface area (Å²) < 4.78 is 2.58. The molecule has 2 aromatic rings. The normalized spacial score (nSPS) is 10.5. The first-order valence-electron chi connectivity index (χ1n) is 5.15. The third-order valence-electron chi connectivity index (χ3n) is 2.08. The van der Waals surface area contributed by atoms with Gasteiger partial charge >= 0.3 is 0 Å². The molecule has 7 heteroatoms. The zero-order valence-corrected chi connectivity index (χ0v) is 11.6. The van der Waals surface area contributed by atoms with Crippen LogP contribution in [0.1, 0.15) is 23.8 Å². The Morgan fingerprint density at radius 3 is 3.12 bits per heavy atom. The lowest BCUT2D eigenvalue weighted by Crippen LogP contribution is -2.17. The van der Waals surface area contributed by atoms with E-state index in [-0.39, 0.29) is 5.91 Å². The van der Waals surface area contributed by atoms with Crippen LogP contribution in [-0.2, 0) is 6.54 Å². The molecule has 1 amide bonds. The van der Waals surface area contributed by atoms with Crippen LogP contribution >= 0.6 is 27.3 Å². The summed E-state index contributed by atoms with van der Waals surface area (Å²) >= 11 is 4.67. The molecule has 0 aliphatic carbocycles. The van der Waals surface area contributed by atoms with Crippen molar-refractivity contribution in [1.29, 1.82) is 0 Å². The van der Waals surface area contributed by atoms with Gasteiger partial charge in [0.2, 0.25) is 0 Å². The Bertz CT molecular complexity index is 522. The van der Waals surface area contributed by atoms with E-state index in [1.807, 2.05) is 6.92 Å². The number of anilines is 1. The molecule has 0 radical (unpaired) electrons. The van der Waals surface area contributed by atoms with E-state index in [1.54, 1.807) is 23.1 Å². The molecule has 0 spiro atoms. The van der Waals surface area contributed by atoms with Crippen molar-refractivity contribution in [2.45, 2.75) is 19.9 Å². The fourth-order valence-electron chi connectivity index (χ4n) is 1.39. The van der Waals surface area contributed by atoms with Gasteiger partial charge < -0.3 is 0 Å². The highest BCUT2D eigenvalue weighted by Gasteiger charge is 2.13.